The van der Waals surface area contributed by atoms with Crippen LogP contribution in [0.5, 0.6) is 0 Å². The Balaban J connectivity index is 2.33. The molecule has 0 aromatic rings. The van der Waals surface area contributed by atoms with Gasteiger partial charge < -0.3 is 10.1 Å². The fraction of sp³-hybridized carbons (Fsp3) is 1.00. The summed E-state index contributed by atoms with van der Waals surface area (Å²) in [6.45, 7) is 4.84. The van der Waals surface area contributed by atoms with Gasteiger partial charge in [-0.15, -0.1) is 0 Å². The number of sulfone groups is 1. The molecule has 0 heterocycles. The van der Waals surface area contributed by atoms with Gasteiger partial charge in [-0.2, -0.15) is 0 Å². The van der Waals surface area contributed by atoms with Gasteiger partial charge in [0, 0.05) is 32.2 Å². The van der Waals surface area contributed by atoms with Gasteiger partial charge in [-0.05, 0) is 37.0 Å². The van der Waals surface area contributed by atoms with Crippen LogP contribution in [0.25, 0.3) is 0 Å². The lowest BCUT2D eigenvalue weighted by Gasteiger charge is -2.30. The highest BCUT2D eigenvalue weighted by molar-refractivity contribution is 7.90. The number of ether oxygens (including phenoxy) is 1. The van der Waals surface area contributed by atoms with E-state index in [4.69, 9.17) is 4.74 Å². The molecule has 1 saturated carbocycles. The zero-order valence-corrected chi connectivity index (χ0v) is 12.7. The van der Waals surface area contributed by atoms with Crippen LogP contribution in [0, 0.1) is 11.3 Å². The lowest BCUT2D eigenvalue weighted by atomic mass is 9.80. The van der Waals surface area contributed by atoms with Crippen LogP contribution >= 0.6 is 0 Å². The quantitative estimate of drug-likeness (QED) is 0.614. The first kappa shape index (κ1) is 15.9. The molecule has 1 aliphatic rings. The van der Waals surface area contributed by atoms with E-state index in [-0.39, 0.29) is 5.41 Å². The minimum atomic E-state index is -2.82. The lowest BCUT2D eigenvalue weighted by molar-refractivity contribution is 0.183. The van der Waals surface area contributed by atoms with Gasteiger partial charge in [0.15, 0.2) is 0 Å². The van der Waals surface area contributed by atoms with Crippen molar-refractivity contribution in [2.75, 3.05) is 38.8 Å². The molecule has 0 spiro atoms. The van der Waals surface area contributed by atoms with E-state index in [9.17, 15) is 8.42 Å². The summed E-state index contributed by atoms with van der Waals surface area (Å²) in [5.74, 6) is 1.08. The Morgan fingerprint density at radius 3 is 2.56 bits per heavy atom. The van der Waals surface area contributed by atoms with E-state index in [1.54, 1.807) is 7.11 Å². The van der Waals surface area contributed by atoms with Crippen molar-refractivity contribution in [2.24, 2.45) is 11.3 Å². The van der Waals surface area contributed by atoms with Crippen molar-refractivity contribution in [3.63, 3.8) is 0 Å². The maximum absolute atomic E-state index is 11.2. The van der Waals surface area contributed by atoms with Crippen molar-refractivity contribution in [1.29, 1.82) is 0 Å². The van der Waals surface area contributed by atoms with Crippen LogP contribution in [-0.2, 0) is 14.6 Å². The number of nitrogens with one attached hydrogen (secondary N) is 1. The highest BCUT2D eigenvalue weighted by atomic mass is 32.2. The van der Waals surface area contributed by atoms with Crippen LogP contribution in [0.3, 0.4) is 0 Å². The first-order chi connectivity index (χ1) is 8.37. The summed E-state index contributed by atoms with van der Waals surface area (Å²) in [6, 6.07) is 0. The topological polar surface area (TPSA) is 55.4 Å². The van der Waals surface area contributed by atoms with E-state index in [2.05, 4.69) is 12.2 Å². The number of hydrogen-bond donors (Lipinski definition) is 1. The van der Waals surface area contributed by atoms with Crippen LogP contribution in [0.15, 0.2) is 0 Å². The standard InChI is InChI=1S/C13H27NO3S/c1-13(12-5-6-12,11-14-8-9-17-2)7-4-10-18(3,15)16/h12,14H,4-11H2,1-3H3. The smallest absolute Gasteiger partial charge is 0.147 e. The Morgan fingerprint density at radius 2 is 2.06 bits per heavy atom. The first-order valence-corrected chi connectivity index (χ1v) is 8.81. The summed E-state index contributed by atoms with van der Waals surface area (Å²) >= 11 is 0. The molecule has 1 fully saturated rings. The van der Waals surface area contributed by atoms with Crippen molar-refractivity contribution in [3.05, 3.63) is 0 Å². The third-order valence-corrected chi connectivity index (χ3v) is 4.87. The van der Waals surface area contributed by atoms with Crippen molar-refractivity contribution in [2.45, 2.75) is 32.6 Å². The Bertz CT molecular complexity index is 338. The summed E-state index contributed by atoms with van der Waals surface area (Å²) in [5, 5.41) is 3.42. The number of rotatable bonds is 10. The molecule has 1 unspecified atom stereocenters. The highest BCUT2D eigenvalue weighted by Gasteiger charge is 2.40. The van der Waals surface area contributed by atoms with Gasteiger partial charge in [0.1, 0.15) is 9.84 Å². The summed E-state index contributed by atoms with van der Waals surface area (Å²) < 4.78 is 27.4. The van der Waals surface area contributed by atoms with Crippen molar-refractivity contribution >= 4 is 9.84 Å². The van der Waals surface area contributed by atoms with Gasteiger partial charge in [-0.1, -0.05) is 6.92 Å². The highest BCUT2D eigenvalue weighted by Crippen LogP contribution is 2.47. The maximum Gasteiger partial charge on any atom is 0.147 e. The molecule has 0 radical (unpaired) electrons. The van der Waals surface area contributed by atoms with Crippen LogP contribution in [0.2, 0.25) is 0 Å². The van der Waals surface area contributed by atoms with E-state index in [0.29, 0.717) is 5.75 Å². The van der Waals surface area contributed by atoms with Crippen molar-refractivity contribution < 1.29 is 13.2 Å². The second kappa shape index (κ2) is 6.87. The minimum absolute atomic E-state index is 0.248. The molecule has 18 heavy (non-hydrogen) atoms. The molecule has 4 nitrogen and oxygen atoms in total. The largest absolute Gasteiger partial charge is 0.383 e. The molecule has 1 rings (SSSR count). The lowest BCUT2D eigenvalue weighted by Crippen LogP contribution is -2.35. The van der Waals surface area contributed by atoms with Gasteiger partial charge >= 0.3 is 0 Å². The van der Waals surface area contributed by atoms with E-state index >= 15 is 0 Å². The van der Waals surface area contributed by atoms with Gasteiger partial charge in [0.2, 0.25) is 0 Å². The molecule has 0 aromatic heterocycles. The SMILES string of the molecule is COCCNCC(C)(CCCS(C)(=O)=O)C1CC1. The Kier molecular flexibility index (Phi) is 6.08. The molecule has 0 saturated heterocycles. The van der Waals surface area contributed by atoms with Gasteiger partial charge in [-0.25, -0.2) is 8.42 Å². The third kappa shape index (κ3) is 6.16. The van der Waals surface area contributed by atoms with Gasteiger partial charge in [0.25, 0.3) is 0 Å². The normalized spacial score (nSPS) is 19.7. The fourth-order valence-corrected chi connectivity index (χ4v) is 3.17. The van der Waals surface area contributed by atoms with Gasteiger partial charge in [-0.3, -0.25) is 0 Å². The van der Waals surface area contributed by atoms with Crippen LogP contribution in [0.4, 0.5) is 0 Å². The predicted octanol–water partition coefficient (Wildman–Crippen LogP) is 1.46. The Morgan fingerprint density at radius 1 is 1.39 bits per heavy atom. The number of hydrogen-bond acceptors (Lipinski definition) is 4. The monoisotopic (exact) mass is 277 g/mol. The zero-order valence-electron chi connectivity index (χ0n) is 11.9. The molecule has 0 aliphatic heterocycles. The average molecular weight is 277 g/mol. The fourth-order valence-electron chi connectivity index (χ4n) is 2.50. The maximum atomic E-state index is 11.2. The molecule has 1 aliphatic carbocycles. The zero-order chi connectivity index (χ0) is 13.6. The molecular formula is C13H27NO3S. The molecule has 108 valence electrons. The third-order valence-electron chi connectivity index (χ3n) is 3.84. The Hall–Kier alpha value is -0.130. The van der Waals surface area contributed by atoms with Crippen molar-refractivity contribution in [3.8, 4) is 0 Å². The molecule has 1 atom stereocenters. The average Bonchev–Trinajstić information content (AvgIpc) is 3.06. The van der Waals surface area contributed by atoms with Crippen molar-refractivity contribution in [1.82, 2.24) is 5.32 Å². The van der Waals surface area contributed by atoms with E-state index in [1.807, 2.05) is 0 Å². The van der Waals surface area contributed by atoms with E-state index in [0.717, 1.165) is 38.5 Å². The Labute approximate surface area is 111 Å². The predicted molar refractivity (Wildman–Crippen MR) is 74.5 cm³/mol. The van der Waals surface area contributed by atoms with Gasteiger partial charge in [0.05, 0.1) is 6.61 Å². The van der Waals surface area contributed by atoms with Crippen LogP contribution in [0.1, 0.15) is 32.6 Å². The summed E-state index contributed by atoms with van der Waals surface area (Å²) in [7, 11) is -1.12. The summed E-state index contributed by atoms with van der Waals surface area (Å²) in [4.78, 5) is 0. The van der Waals surface area contributed by atoms with Crippen LogP contribution in [-0.4, -0.2) is 47.2 Å². The molecule has 0 amide bonds. The number of methoxy groups -OCH3 is 1. The molecule has 1 N–H and O–H groups in total. The molecular weight excluding hydrogens is 250 g/mol. The second-order valence-corrected chi connectivity index (χ2v) is 8.09. The molecule has 0 aromatic carbocycles. The van der Waals surface area contributed by atoms with E-state index < -0.39 is 9.84 Å². The molecule has 5 heteroatoms. The summed E-state index contributed by atoms with van der Waals surface area (Å²) in [6.07, 6.45) is 5.67. The minimum Gasteiger partial charge on any atom is -0.383 e. The van der Waals surface area contributed by atoms with Crippen LogP contribution < -0.4 is 5.32 Å². The summed E-state index contributed by atoms with van der Waals surface area (Å²) in [5.41, 5.74) is 0.248. The van der Waals surface area contributed by atoms with E-state index in [1.165, 1.54) is 19.1 Å². The first-order valence-electron chi connectivity index (χ1n) is 6.75. The second-order valence-electron chi connectivity index (χ2n) is 5.83. The molecule has 0 bridgehead atoms.